The van der Waals surface area contributed by atoms with Crippen LogP contribution in [-0.4, -0.2) is 22.5 Å². The van der Waals surface area contributed by atoms with E-state index in [-0.39, 0.29) is 12.5 Å². The predicted molar refractivity (Wildman–Crippen MR) is 96.8 cm³/mol. The van der Waals surface area contributed by atoms with Gasteiger partial charge in [-0.2, -0.15) is 0 Å². The van der Waals surface area contributed by atoms with Crippen LogP contribution < -0.4 is 5.32 Å². The summed E-state index contributed by atoms with van der Waals surface area (Å²) in [5.74, 6) is 0.827. The third kappa shape index (κ3) is 4.14. The highest BCUT2D eigenvalue weighted by Crippen LogP contribution is 2.21. The van der Waals surface area contributed by atoms with Crippen LogP contribution in [0.3, 0.4) is 0 Å². The van der Waals surface area contributed by atoms with Gasteiger partial charge in [0.2, 0.25) is 5.91 Å². The molecule has 0 spiro atoms. The molecule has 5 heteroatoms. The zero-order valence-corrected chi connectivity index (χ0v) is 14.2. The van der Waals surface area contributed by atoms with Crippen molar-refractivity contribution in [2.75, 3.05) is 6.54 Å². The molecule has 0 bridgehead atoms. The Hall–Kier alpha value is -2.92. The van der Waals surface area contributed by atoms with Gasteiger partial charge < -0.3 is 14.8 Å². The topological polar surface area (TPSA) is 75.4 Å². The largest absolute Gasteiger partial charge is 0.463 e. The van der Waals surface area contributed by atoms with Crippen molar-refractivity contribution in [3.05, 3.63) is 71.8 Å². The van der Waals surface area contributed by atoms with Crippen molar-refractivity contribution in [2.24, 2.45) is 0 Å². The summed E-state index contributed by atoms with van der Waals surface area (Å²) in [6, 6.07) is 15.1. The SMILES string of the molecule is Cc1ccc(C(C)(O)CNC(=O)C=Cc2ccc3ccccc3n2)o1. The smallest absolute Gasteiger partial charge is 0.244 e. The molecule has 25 heavy (non-hydrogen) atoms. The molecule has 3 aromatic rings. The summed E-state index contributed by atoms with van der Waals surface area (Å²) in [4.78, 5) is 16.5. The van der Waals surface area contributed by atoms with Crippen molar-refractivity contribution in [3.63, 3.8) is 0 Å². The number of rotatable bonds is 5. The van der Waals surface area contributed by atoms with Gasteiger partial charge in [-0.1, -0.05) is 24.3 Å². The first kappa shape index (κ1) is 16.9. The molecule has 1 aromatic carbocycles. The number of nitrogens with zero attached hydrogens (tertiary/aromatic N) is 1. The monoisotopic (exact) mass is 336 g/mol. The van der Waals surface area contributed by atoms with Gasteiger partial charge in [0.25, 0.3) is 0 Å². The van der Waals surface area contributed by atoms with Gasteiger partial charge in [-0.15, -0.1) is 0 Å². The molecule has 1 amide bonds. The number of amides is 1. The van der Waals surface area contributed by atoms with Crippen LogP contribution in [0.1, 0.15) is 24.1 Å². The molecule has 0 aliphatic rings. The summed E-state index contributed by atoms with van der Waals surface area (Å²) >= 11 is 0. The molecule has 1 unspecified atom stereocenters. The molecule has 0 aliphatic carbocycles. The second-order valence-electron chi connectivity index (χ2n) is 6.16. The molecule has 5 nitrogen and oxygen atoms in total. The van der Waals surface area contributed by atoms with Gasteiger partial charge in [-0.3, -0.25) is 4.79 Å². The van der Waals surface area contributed by atoms with Crippen molar-refractivity contribution in [2.45, 2.75) is 19.4 Å². The summed E-state index contributed by atoms with van der Waals surface area (Å²) in [5, 5.41) is 14.1. The highest BCUT2D eigenvalue weighted by atomic mass is 16.4. The standard InChI is InChI=1S/C20H20N2O3/c1-14-7-11-18(25-14)20(2,24)13-21-19(23)12-10-16-9-8-15-5-3-4-6-17(15)22-16/h3-12,24H,13H2,1-2H3,(H,21,23). The maximum atomic E-state index is 12.0. The Morgan fingerprint density at radius 1 is 1.24 bits per heavy atom. The lowest BCUT2D eigenvalue weighted by Gasteiger charge is -2.20. The number of benzene rings is 1. The quantitative estimate of drug-likeness (QED) is 0.702. The van der Waals surface area contributed by atoms with Crippen LogP contribution in [0, 0.1) is 6.92 Å². The normalized spacial score (nSPS) is 13.9. The molecule has 2 heterocycles. The minimum absolute atomic E-state index is 0.0499. The van der Waals surface area contributed by atoms with Gasteiger partial charge in [0.05, 0.1) is 17.8 Å². The molecular weight excluding hydrogens is 316 g/mol. The average molecular weight is 336 g/mol. The van der Waals surface area contributed by atoms with Crippen LogP contribution in [0.2, 0.25) is 0 Å². The van der Waals surface area contributed by atoms with E-state index in [1.165, 1.54) is 6.08 Å². The Bertz CT molecular complexity index is 925. The maximum Gasteiger partial charge on any atom is 0.244 e. The van der Waals surface area contributed by atoms with Gasteiger partial charge in [0, 0.05) is 11.5 Å². The molecular formula is C20H20N2O3. The van der Waals surface area contributed by atoms with E-state index in [9.17, 15) is 9.90 Å². The second-order valence-corrected chi connectivity index (χ2v) is 6.16. The molecule has 2 N–H and O–H groups in total. The Balaban J connectivity index is 1.62. The van der Waals surface area contributed by atoms with E-state index in [2.05, 4.69) is 10.3 Å². The molecule has 0 saturated heterocycles. The summed E-state index contributed by atoms with van der Waals surface area (Å²) < 4.78 is 5.42. The van der Waals surface area contributed by atoms with Crippen LogP contribution in [0.5, 0.6) is 0 Å². The highest BCUT2D eigenvalue weighted by Gasteiger charge is 2.27. The number of carbonyl (C=O) groups excluding carboxylic acids is 1. The zero-order valence-electron chi connectivity index (χ0n) is 14.2. The van der Waals surface area contributed by atoms with Crippen molar-refractivity contribution < 1.29 is 14.3 Å². The van der Waals surface area contributed by atoms with Crippen LogP contribution >= 0.6 is 0 Å². The van der Waals surface area contributed by atoms with Crippen molar-refractivity contribution >= 4 is 22.9 Å². The second kappa shape index (κ2) is 6.91. The van der Waals surface area contributed by atoms with Gasteiger partial charge in [0.15, 0.2) is 0 Å². The van der Waals surface area contributed by atoms with Gasteiger partial charge in [-0.25, -0.2) is 4.98 Å². The van der Waals surface area contributed by atoms with Gasteiger partial charge in [0.1, 0.15) is 17.1 Å². The number of aromatic nitrogens is 1. The minimum atomic E-state index is -1.26. The Morgan fingerprint density at radius 3 is 2.80 bits per heavy atom. The summed E-state index contributed by atoms with van der Waals surface area (Å²) in [6.45, 7) is 3.45. The number of nitrogens with one attached hydrogen (secondary N) is 1. The highest BCUT2D eigenvalue weighted by molar-refractivity contribution is 5.92. The van der Waals surface area contributed by atoms with Gasteiger partial charge in [-0.05, 0) is 44.2 Å². The van der Waals surface area contributed by atoms with Crippen LogP contribution in [0.4, 0.5) is 0 Å². The number of aliphatic hydroxyl groups is 1. The first-order valence-corrected chi connectivity index (χ1v) is 8.05. The molecule has 3 rings (SSSR count). The van der Waals surface area contributed by atoms with Crippen LogP contribution in [0.15, 0.2) is 59.0 Å². The number of para-hydroxylation sites is 1. The van der Waals surface area contributed by atoms with E-state index in [1.807, 2.05) is 36.4 Å². The lowest BCUT2D eigenvalue weighted by molar-refractivity contribution is -0.117. The summed E-state index contributed by atoms with van der Waals surface area (Å²) in [7, 11) is 0. The van der Waals surface area contributed by atoms with Crippen molar-refractivity contribution in [1.29, 1.82) is 0 Å². The fraction of sp³-hybridized carbons (Fsp3) is 0.200. The molecule has 0 fully saturated rings. The van der Waals surface area contributed by atoms with E-state index in [4.69, 9.17) is 4.42 Å². The number of hydrogen-bond acceptors (Lipinski definition) is 4. The van der Waals surface area contributed by atoms with Crippen molar-refractivity contribution in [3.8, 4) is 0 Å². The Labute approximate surface area is 146 Å². The summed E-state index contributed by atoms with van der Waals surface area (Å²) in [5.41, 5.74) is 0.308. The van der Waals surface area contributed by atoms with E-state index in [0.717, 1.165) is 10.9 Å². The van der Waals surface area contributed by atoms with Crippen molar-refractivity contribution in [1.82, 2.24) is 10.3 Å². The number of aryl methyl sites for hydroxylation is 1. The lowest BCUT2D eigenvalue weighted by atomic mass is 10.0. The van der Waals surface area contributed by atoms with Crippen LogP contribution in [-0.2, 0) is 10.4 Å². The Morgan fingerprint density at radius 2 is 2.04 bits per heavy atom. The third-order valence-corrected chi connectivity index (χ3v) is 3.90. The average Bonchev–Trinajstić information content (AvgIpc) is 3.05. The molecule has 0 aliphatic heterocycles. The minimum Gasteiger partial charge on any atom is -0.463 e. The first-order valence-electron chi connectivity index (χ1n) is 8.05. The molecule has 1 atom stereocenters. The number of pyridine rings is 1. The zero-order chi connectivity index (χ0) is 17.9. The van der Waals surface area contributed by atoms with E-state index in [0.29, 0.717) is 17.2 Å². The number of carbonyl (C=O) groups is 1. The fourth-order valence-electron chi connectivity index (χ4n) is 2.46. The molecule has 128 valence electrons. The number of furan rings is 1. The van der Waals surface area contributed by atoms with E-state index in [1.54, 1.807) is 32.1 Å². The van der Waals surface area contributed by atoms with Crippen LogP contribution in [0.25, 0.3) is 17.0 Å². The first-order chi connectivity index (χ1) is 11.9. The fourth-order valence-corrected chi connectivity index (χ4v) is 2.46. The predicted octanol–water partition coefficient (Wildman–Crippen LogP) is 3.17. The maximum absolute atomic E-state index is 12.0. The lowest BCUT2D eigenvalue weighted by Crippen LogP contribution is -2.37. The third-order valence-electron chi connectivity index (χ3n) is 3.90. The van der Waals surface area contributed by atoms with E-state index >= 15 is 0 Å². The molecule has 0 radical (unpaired) electrons. The summed E-state index contributed by atoms with van der Waals surface area (Å²) in [6.07, 6.45) is 3.05. The number of hydrogen-bond donors (Lipinski definition) is 2. The molecule has 2 aromatic heterocycles. The number of fused-ring (bicyclic) bond motifs is 1. The molecule has 0 saturated carbocycles. The van der Waals surface area contributed by atoms with E-state index < -0.39 is 5.60 Å². The Kier molecular flexibility index (Phi) is 4.67. The van der Waals surface area contributed by atoms with Gasteiger partial charge >= 0.3 is 0 Å².